The van der Waals surface area contributed by atoms with Crippen LogP contribution in [0.2, 0.25) is 0 Å². The lowest BCUT2D eigenvalue weighted by atomic mass is 10.1. The van der Waals surface area contributed by atoms with Crippen LogP contribution in [0.4, 0.5) is 14.6 Å². The molecule has 3 aromatic heterocycles. The Morgan fingerprint density at radius 1 is 1.23 bits per heavy atom. The molecule has 0 aromatic carbocycles. The van der Waals surface area contributed by atoms with Gasteiger partial charge in [0.15, 0.2) is 23.1 Å². The number of hydrogen-bond acceptors (Lipinski definition) is 7. The fourth-order valence-electron chi connectivity index (χ4n) is 3.90. The fourth-order valence-corrected chi connectivity index (χ4v) is 3.90. The lowest BCUT2D eigenvalue weighted by Gasteiger charge is -2.24. The summed E-state index contributed by atoms with van der Waals surface area (Å²) in [6.45, 7) is 1.69. The average molecular weight is 430 g/mol. The Morgan fingerprint density at radius 2 is 2.10 bits per heavy atom. The van der Waals surface area contributed by atoms with Crippen LogP contribution in [0.15, 0.2) is 18.3 Å². The summed E-state index contributed by atoms with van der Waals surface area (Å²) >= 11 is 0. The molecule has 1 saturated carbocycles. The first-order valence-electron chi connectivity index (χ1n) is 10.6. The second-order valence-electron chi connectivity index (χ2n) is 7.99. The minimum atomic E-state index is -0.776. The van der Waals surface area contributed by atoms with Crippen LogP contribution < -0.4 is 15.4 Å². The van der Waals surface area contributed by atoms with Crippen molar-refractivity contribution < 1.29 is 18.6 Å². The Hall–Kier alpha value is -2.85. The maximum atomic E-state index is 14.8. The van der Waals surface area contributed by atoms with Crippen molar-refractivity contribution in [3.8, 4) is 17.1 Å². The third kappa shape index (κ3) is 4.05. The number of pyridine rings is 1. The average Bonchev–Trinajstić information content (AvgIpc) is 3.54. The summed E-state index contributed by atoms with van der Waals surface area (Å²) in [6, 6.07) is 2.61. The van der Waals surface area contributed by atoms with Crippen LogP contribution >= 0.6 is 0 Å². The zero-order valence-electron chi connectivity index (χ0n) is 16.9. The molecule has 3 aromatic rings. The minimum absolute atomic E-state index is 0.0153. The van der Waals surface area contributed by atoms with Crippen molar-refractivity contribution in [2.75, 3.05) is 31.6 Å². The number of aromatic nitrogens is 4. The third-order valence-corrected chi connectivity index (χ3v) is 5.61. The summed E-state index contributed by atoms with van der Waals surface area (Å²) in [5, 5.41) is 20.1. The first kappa shape index (κ1) is 20.1. The molecule has 2 fully saturated rings. The highest BCUT2D eigenvalue weighted by Gasteiger charge is 2.30. The summed E-state index contributed by atoms with van der Waals surface area (Å²) in [5.41, 5.74) is 1.53. The minimum Gasteiger partial charge on any atom is -0.489 e. The van der Waals surface area contributed by atoms with E-state index in [0.29, 0.717) is 23.6 Å². The number of aliphatic hydroxyl groups excluding tert-OH is 1. The van der Waals surface area contributed by atoms with E-state index in [1.165, 1.54) is 10.7 Å². The van der Waals surface area contributed by atoms with E-state index >= 15 is 0 Å². The van der Waals surface area contributed by atoms with Crippen molar-refractivity contribution in [2.24, 2.45) is 0 Å². The molecule has 1 aliphatic carbocycles. The molecule has 2 aliphatic rings. The van der Waals surface area contributed by atoms with Gasteiger partial charge in [-0.3, -0.25) is 0 Å². The lowest BCUT2D eigenvalue weighted by Crippen LogP contribution is -2.38. The van der Waals surface area contributed by atoms with Crippen LogP contribution in [0, 0.1) is 11.6 Å². The molecular weight excluding hydrogens is 406 g/mol. The maximum absolute atomic E-state index is 14.8. The van der Waals surface area contributed by atoms with Gasteiger partial charge in [-0.25, -0.2) is 23.3 Å². The largest absolute Gasteiger partial charge is 0.489 e. The van der Waals surface area contributed by atoms with Gasteiger partial charge in [-0.15, -0.1) is 0 Å². The zero-order chi connectivity index (χ0) is 21.4. The number of piperidine rings is 1. The number of imidazole rings is 1. The van der Waals surface area contributed by atoms with Gasteiger partial charge in [-0.1, -0.05) is 0 Å². The summed E-state index contributed by atoms with van der Waals surface area (Å²) < 4.78 is 36.3. The number of aliphatic hydroxyl groups is 1. The van der Waals surface area contributed by atoms with E-state index in [1.54, 1.807) is 6.07 Å². The Labute approximate surface area is 177 Å². The molecule has 1 aliphatic heterocycles. The quantitative estimate of drug-likeness (QED) is 0.530. The summed E-state index contributed by atoms with van der Waals surface area (Å²) in [6.07, 6.45) is 5.33. The molecule has 0 amide bonds. The van der Waals surface area contributed by atoms with E-state index in [4.69, 9.17) is 9.84 Å². The summed E-state index contributed by atoms with van der Waals surface area (Å²) in [5.74, 6) is -0.657. The van der Waals surface area contributed by atoms with Crippen molar-refractivity contribution in [2.45, 2.75) is 37.6 Å². The van der Waals surface area contributed by atoms with E-state index < -0.39 is 11.6 Å². The maximum Gasteiger partial charge on any atom is 0.168 e. The van der Waals surface area contributed by atoms with Crippen molar-refractivity contribution in [1.82, 2.24) is 24.9 Å². The molecule has 0 bridgehead atoms. The Morgan fingerprint density at radius 3 is 2.84 bits per heavy atom. The van der Waals surface area contributed by atoms with Crippen LogP contribution in [-0.4, -0.2) is 57.0 Å². The molecule has 0 radical (unpaired) electrons. The van der Waals surface area contributed by atoms with Gasteiger partial charge in [-0.2, -0.15) is 5.10 Å². The van der Waals surface area contributed by atoms with Crippen molar-refractivity contribution in [3.05, 3.63) is 35.7 Å². The molecule has 1 saturated heterocycles. The molecule has 31 heavy (non-hydrogen) atoms. The van der Waals surface area contributed by atoms with Gasteiger partial charge in [0.2, 0.25) is 0 Å². The second-order valence-corrected chi connectivity index (χ2v) is 7.99. The van der Waals surface area contributed by atoms with Crippen LogP contribution in [0.1, 0.15) is 37.3 Å². The van der Waals surface area contributed by atoms with Gasteiger partial charge in [0.05, 0.1) is 12.8 Å². The Bertz CT molecular complexity index is 1100. The summed E-state index contributed by atoms with van der Waals surface area (Å²) in [7, 11) is 0. The number of halogens is 2. The SMILES string of the molecule is OCCOc1cc2ncc(-c3nc(N[C@@H]4CCCNC4)c(F)cc3F)n2nc1C1CC1. The van der Waals surface area contributed by atoms with Gasteiger partial charge < -0.3 is 20.5 Å². The van der Waals surface area contributed by atoms with Crippen LogP contribution in [0.25, 0.3) is 17.0 Å². The lowest BCUT2D eigenvalue weighted by molar-refractivity contribution is 0.199. The van der Waals surface area contributed by atoms with Gasteiger partial charge in [0.25, 0.3) is 0 Å². The second kappa shape index (κ2) is 8.35. The molecule has 0 unspecified atom stereocenters. The fraction of sp³-hybridized carbons (Fsp3) is 0.476. The van der Waals surface area contributed by atoms with E-state index in [9.17, 15) is 8.78 Å². The molecule has 5 rings (SSSR count). The number of fused-ring (bicyclic) bond motifs is 1. The van der Waals surface area contributed by atoms with Gasteiger partial charge in [0, 0.05) is 30.6 Å². The molecular formula is C21H24F2N6O2. The number of hydrogen-bond donors (Lipinski definition) is 3. The van der Waals surface area contributed by atoms with Crippen molar-refractivity contribution in [3.63, 3.8) is 0 Å². The van der Waals surface area contributed by atoms with E-state index in [2.05, 4.69) is 25.7 Å². The van der Waals surface area contributed by atoms with E-state index in [0.717, 1.165) is 44.0 Å². The molecule has 4 heterocycles. The van der Waals surface area contributed by atoms with E-state index in [1.807, 2.05) is 0 Å². The molecule has 8 nitrogen and oxygen atoms in total. The number of ether oxygens (including phenoxy) is 1. The topological polar surface area (TPSA) is 96.6 Å². The molecule has 1 atom stereocenters. The highest BCUT2D eigenvalue weighted by molar-refractivity contribution is 5.63. The monoisotopic (exact) mass is 430 g/mol. The normalized spacial score (nSPS) is 19.0. The first-order valence-corrected chi connectivity index (χ1v) is 10.6. The summed E-state index contributed by atoms with van der Waals surface area (Å²) in [4.78, 5) is 8.59. The Balaban J connectivity index is 1.54. The van der Waals surface area contributed by atoms with Crippen LogP contribution in [0.5, 0.6) is 5.75 Å². The molecule has 164 valence electrons. The Kier molecular flexibility index (Phi) is 5.41. The highest BCUT2D eigenvalue weighted by Crippen LogP contribution is 2.43. The first-order chi connectivity index (χ1) is 15.1. The number of anilines is 1. The van der Waals surface area contributed by atoms with E-state index in [-0.39, 0.29) is 36.7 Å². The predicted octanol–water partition coefficient (Wildman–Crippen LogP) is 2.48. The molecule has 3 N–H and O–H groups in total. The highest BCUT2D eigenvalue weighted by atomic mass is 19.1. The van der Waals surface area contributed by atoms with Crippen LogP contribution in [0.3, 0.4) is 0 Å². The molecule has 0 spiro atoms. The van der Waals surface area contributed by atoms with Crippen LogP contribution in [-0.2, 0) is 0 Å². The van der Waals surface area contributed by atoms with Gasteiger partial charge in [0.1, 0.15) is 29.4 Å². The number of rotatable bonds is 7. The number of nitrogens with one attached hydrogen (secondary N) is 2. The van der Waals surface area contributed by atoms with Crippen molar-refractivity contribution in [1.29, 1.82) is 0 Å². The standard InChI is InChI=1S/C21H24F2N6O2/c22-14-8-15(23)21(26-13-2-1-5-24-10-13)27-20(14)16-11-25-18-9-17(31-7-6-30)19(12-3-4-12)28-29(16)18/h8-9,11-13,24,30H,1-7,10H2,(H,26,27)/t13-/m1/s1. The molecule has 10 heteroatoms. The third-order valence-electron chi connectivity index (χ3n) is 5.61. The number of nitrogens with zero attached hydrogens (tertiary/aromatic N) is 4. The zero-order valence-corrected chi connectivity index (χ0v) is 16.9. The van der Waals surface area contributed by atoms with Gasteiger partial charge >= 0.3 is 0 Å². The van der Waals surface area contributed by atoms with Gasteiger partial charge in [-0.05, 0) is 32.2 Å². The predicted molar refractivity (Wildman–Crippen MR) is 110 cm³/mol. The van der Waals surface area contributed by atoms with Crippen molar-refractivity contribution >= 4 is 11.5 Å². The smallest absolute Gasteiger partial charge is 0.168 e.